The Kier molecular flexibility index (Phi) is 20.4. The van der Waals surface area contributed by atoms with Gasteiger partial charge in [-0.1, -0.05) is 380 Å². The lowest BCUT2D eigenvalue weighted by atomic mass is 9.79. The van der Waals surface area contributed by atoms with Gasteiger partial charge < -0.3 is 0 Å². The van der Waals surface area contributed by atoms with Crippen molar-refractivity contribution in [1.29, 1.82) is 0 Å². The van der Waals surface area contributed by atoms with Crippen molar-refractivity contribution in [3.63, 3.8) is 0 Å². The monoisotopic (exact) mass is 1420 g/mol. The lowest BCUT2D eigenvalue weighted by Gasteiger charge is -2.30. The molecule has 2 aliphatic heterocycles. The summed E-state index contributed by atoms with van der Waals surface area (Å²) in [7, 11) is 0. The van der Waals surface area contributed by atoms with Crippen LogP contribution < -0.4 is 4.67 Å². The fraction of sp³-hybridized carbons (Fsp3) is 0.444. The van der Waals surface area contributed by atoms with Crippen molar-refractivity contribution in [2.75, 3.05) is 0 Å². The lowest BCUT2D eigenvalue weighted by Crippen LogP contribution is -2.42. The number of guanidine groups is 2. The van der Waals surface area contributed by atoms with Crippen LogP contribution in [0.3, 0.4) is 0 Å². The number of hydrogen-bond acceptors (Lipinski definition) is 0. The first-order valence-electron chi connectivity index (χ1n) is 35.7. The van der Waals surface area contributed by atoms with E-state index in [-0.39, 0.29) is 67.5 Å². The van der Waals surface area contributed by atoms with Crippen LogP contribution in [0.5, 0.6) is 0 Å². The fourth-order valence-electron chi connectivity index (χ4n) is 14.2. The van der Waals surface area contributed by atoms with Gasteiger partial charge in [0.15, 0.2) is 0 Å². The minimum atomic E-state index is -0.202. The highest BCUT2D eigenvalue weighted by molar-refractivity contribution is 9.11. The molecule has 5 nitrogen and oxygen atoms in total. The van der Waals surface area contributed by atoms with Crippen LogP contribution in [0.25, 0.3) is 0 Å². The van der Waals surface area contributed by atoms with E-state index in [9.17, 15) is 0 Å². The van der Waals surface area contributed by atoms with Crippen molar-refractivity contribution < 1.29 is 0 Å². The quantitative estimate of drug-likeness (QED) is 0.114. The standard InChI is InChI=1S/C90H114Br2N5/c1-83(2,3)67-45-59(46-68(51-67)84(4,5)6)55-94-77(61-37-29-25-30-38-61)78(62-39-31-26-32-40-62)95(56-60-47-69(85(7,8)9)52-70(48-60)86(10,11)12)81(94)93-82-96(57-65-49-71(87(13,14)15)53-73(75(65)91)89(19,20)21)79(63-41-33-27-34-42-63)80(64-43-35-28-36-44-64)97(82)58-66-50-72(88(16,17)18)54-74(76(66)92)90(22,23)24/h25-54,77-80H,55-58H2,1-24H3/q+1/t77-,78-,79-,80-/m0/s1. The summed E-state index contributed by atoms with van der Waals surface area (Å²) in [6, 6.07) is 69.7. The average Bonchev–Trinajstić information content (AvgIpc) is 1.59. The van der Waals surface area contributed by atoms with E-state index in [0.717, 1.165) is 20.9 Å². The van der Waals surface area contributed by atoms with E-state index in [0.29, 0.717) is 26.2 Å². The zero-order valence-corrected chi connectivity index (χ0v) is 66.6. The zero-order chi connectivity index (χ0) is 70.9. The predicted molar refractivity (Wildman–Crippen MR) is 422 cm³/mol. The molecule has 0 radical (unpaired) electrons. The topological polar surface area (TPSA) is 27.1 Å². The molecule has 0 bridgehead atoms. The van der Waals surface area contributed by atoms with Crippen LogP contribution in [0.15, 0.2) is 191 Å². The fourth-order valence-corrected chi connectivity index (χ4v) is 16.1. The summed E-state index contributed by atoms with van der Waals surface area (Å²) in [5, 5.41) is 0. The molecule has 8 aromatic carbocycles. The van der Waals surface area contributed by atoms with Crippen LogP contribution in [-0.2, 0) is 69.5 Å². The Balaban J connectivity index is 1.45. The van der Waals surface area contributed by atoms with Gasteiger partial charge in [-0.2, -0.15) is 0 Å². The first-order chi connectivity index (χ1) is 45.0. The molecule has 7 heteroatoms. The van der Waals surface area contributed by atoms with Gasteiger partial charge in [0, 0.05) is 8.95 Å². The van der Waals surface area contributed by atoms with Gasteiger partial charge in [0.25, 0.3) is 0 Å². The van der Waals surface area contributed by atoms with E-state index in [4.69, 9.17) is 4.67 Å². The van der Waals surface area contributed by atoms with Gasteiger partial charge in [0.05, 0.1) is 26.2 Å². The zero-order valence-electron chi connectivity index (χ0n) is 63.5. The molecule has 0 amide bonds. The molecule has 2 saturated heterocycles. The second-order valence-electron chi connectivity index (χ2n) is 36.5. The smallest absolute Gasteiger partial charge is 0.268 e. The van der Waals surface area contributed by atoms with E-state index in [1.807, 2.05) is 0 Å². The van der Waals surface area contributed by atoms with Gasteiger partial charge in [-0.05, 0) is 132 Å². The van der Waals surface area contributed by atoms with Crippen LogP contribution in [0.1, 0.15) is 279 Å². The first kappa shape index (κ1) is 73.1. The van der Waals surface area contributed by atoms with Crippen LogP contribution in [0.2, 0.25) is 0 Å². The van der Waals surface area contributed by atoms with Gasteiger partial charge in [-0.3, -0.25) is 19.6 Å². The first-order valence-corrected chi connectivity index (χ1v) is 37.3. The van der Waals surface area contributed by atoms with E-state index in [1.165, 1.54) is 89.0 Å². The molecular weight excluding hydrogens is 1310 g/mol. The largest absolute Gasteiger partial charge is 0.375 e. The molecule has 0 unspecified atom stereocenters. The Hall–Kier alpha value is -6.63. The Morgan fingerprint density at radius 3 is 0.701 bits per heavy atom. The third kappa shape index (κ3) is 16.2. The minimum absolute atomic E-state index is 0.103. The van der Waals surface area contributed by atoms with Gasteiger partial charge in [0.1, 0.15) is 24.2 Å². The molecule has 512 valence electrons. The minimum Gasteiger partial charge on any atom is -0.268 e. The Bertz CT molecular complexity index is 3830. The summed E-state index contributed by atoms with van der Waals surface area (Å²) in [6.45, 7) is 59.1. The number of nitrogens with zero attached hydrogens (tertiary/aromatic N) is 5. The molecule has 2 aliphatic rings. The molecular formula is C90H114Br2N5+. The molecule has 0 aliphatic carbocycles. The third-order valence-electron chi connectivity index (χ3n) is 20.2. The Morgan fingerprint density at radius 2 is 0.485 bits per heavy atom. The summed E-state index contributed by atoms with van der Waals surface area (Å²) in [6.07, 6.45) is 0. The summed E-state index contributed by atoms with van der Waals surface area (Å²) in [5.41, 5.74) is 19.6. The van der Waals surface area contributed by atoms with Crippen LogP contribution >= 0.6 is 31.9 Å². The molecule has 2 heterocycles. The number of halogens is 2. The Morgan fingerprint density at radius 1 is 0.268 bits per heavy atom. The maximum absolute atomic E-state index is 6.82. The maximum atomic E-state index is 6.82. The van der Waals surface area contributed by atoms with Crippen molar-refractivity contribution in [2.45, 2.75) is 260 Å². The third-order valence-corrected chi connectivity index (χ3v) is 22.1. The Labute approximate surface area is 603 Å². The average molecular weight is 1430 g/mol. The van der Waals surface area contributed by atoms with Crippen LogP contribution in [0.4, 0.5) is 0 Å². The molecule has 8 aromatic rings. The molecule has 0 N–H and O–H groups in total. The molecule has 0 spiro atoms. The van der Waals surface area contributed by atoms with E-state index in [2.05, 4.69) is 400 Å². The SMILES string of the molecule is CC(C)(C)c1cc(CN2C(=[N+]=C3N(Cc4cc(C(C)(C)C)cc(C(C)(C)C)c4Br)[C@@H](c4ccccc4)[C@H](c4ccccc4)N3Cc3cc(C(C)(C)C)cc(C(C)(C)C)c3Br)N(Cc3cc(C(C)(C)C)cc(C(C)(C)C)c3)[C@@H](c3ccccc3)[C@@H]2c2ccccc2)cc(C(C)(C)C)c1. The predicted octanol–water partition coefficient (Wildman–Crippen LogP) is 23.7. The van der Waals surface area contributed by atoms with Gasteiger partial charge >= 0.3 is 11.9 Å². The highest BCUT2D eigenvalue weighted by Gasteiger charge is 2.55. The summed E-state index contributed by atoms with van der Waals surface area (Å²) in [5.74, 6) is 1.88. The number of benzene rings is 8. The van der Waals surface area contributed by atoms with Gasteiger partial charge in [-0.25, -0.2) is 4.67 Å². The van der Waals surface area contributed by atoms with E-state index >= 15 is 0 Å². The van der Waals surface area contributed by atoms with Crippen molar-refractivity contribution in [3.8, 4) is 0 Å². The molecule has 2 fully saturated rings. The van der Waals surface area contributed by atoms with Crippen LogP contribution in [0, 0.1) is 0 Å². The summed E-state index contributed by atoms with van der Waals surface area (Å²) < 4.78 is 9.12. The van der Waals surface area contributed by atoms with Gasteiger partial charge in [0.2, 0.25) is 0 Å². The highest BCUT2D eigenvalue weighted by atomic mass is 79.9. The van der Waals surface area contributed by atoms with Crippen molar-refractivity contribution >= 4 is 43.8 Å². The lowest BCUT2D eigenvalue weighted by molar-refractivity contribution is 0.262. The molecule has 0 aromatic heterocycles. The molecule has 10 rings (SSSR count). The highest BCUT2D eigenvalue weighted by Crippen LogP contribution is 2.51. The normalized spacial score (nSPS) is 17.8. The van der Waals surface area contributed by atoms with Crippen molar-refractivity contribution in [2.24, 2.45) is 0 Å². The van der Waals surface area contributed by atoms with Gasteiger partial charge in [-0.15, -0.1) is 0 Å². The molecule has 0 saturated carbocycles. The summed E-state index contributed by atoms with van der Waals surface area (Å²) >= 11 is 8.86. The number of hydrogen-bond donors (Lipinski definition) is 0. The second kappa shape index (κ2) is 27.1. The second-order valence-corrected chi connectivity index (χ2v) is 38.1. The van der Waals surface area contributed by atoms with Crippen molar-refractivity contribution in [1.82, 2.24) is 24.3 Å². The van der Waals surface area contributed by atoms with E-state index < -0.39 is 0 Å². The number of rotatable bonds is 12. The maximum Gasteiger partial charge on any atom is 0.375 e. The molecule has 4 atom stereocenters. The van der Waals surface area contributed by atoms with Crippen LogP contribution in [-0.4, -0.2) is 31.5 Å². The molecule has 97 heavy (non-hydrogen) atoms. The summed E-state index contributed by atoms with van der Waals surface area (Å²) in [4.78, 5) is 10.9. The van der Waals surface area contributed by atoms with Crippen molar-refractivity contribution in [3.05, 3.63) is 280 Å². The van der Waals surface area contributed by atoms with E-state index in [1.54, 1.807) is 0 Å².